The number of piperidine rings is 1. The number of rotatable bonds is 6. The molecule has 1 aliphatic heterocycles. The summed E-state index contributed by atoms with van der Waals surface area (Å²) in [7, 11) is 0. The van der Waals surface area contributed by atoms with Crippen molar-refractivity contribution in [1.29, 1.82) is 0 Å². The second-order valence-electron chi connectivity index (χ2n) is 4.80. The highest BCUT2D eigenvalue weighted by atomic mass is 32.2. The minimum atomic E-state index is 0.324. The van der Waals surface area contributed by atoms with E-state index < -0.39 is 0 Å². The molecule has 4 heteroatoms. The quantitative estimate of drug-likeness (QED) is 0.792. The monoisotopic (exact) mass is 258 g/mol. The number of carbonyl (C=O) groups excluding carboxylic acids is 1. The highest BCUT2D eigenvalue weighted by molar-refractivity contribution is 8.00. The van der Waals surface area contributed by atoms with Gasteiger partial charge in [-0.2, -0.15) is 0 Å². The van der Waals surface area contributed by atoms with Crippen molar-refractivity contribution >= 4 is 17.7 Å². The van der Waals surface area contributed by atoms with Gasteiger partial charge in [-0.3, -0.25) is 4.79 Å². The highest BCUT2D eigenvalue weighted by Crippen LogP contribution is 2.16. The third kappa shape index (κ3) is 5.30. The lowest BCUT2D eigenvalue weighted by molar-refractivity contribution is -0.129. The number of hydrogen-bond acceptors (Lipinski definition) is 3. The van der Waals surface area contributed by atoms with Crippen molar-refractivity contribution in [2.24, 2.45) is 0 Å². The summed E-state index contributed by atoms with van der Waals surface area (Å²) in [4.78, 5) is 14.0. The van der Waals surface area contributed by atoms with E-state index in [1.807, 2.05) is 4.90 Å². The van der Waals surface area contributed by atoms with E-state index in [0.717, 1.165) is 19.6 Å². The van der Waals surface area contributed by atoms with Crippen LogP contribution in [-0.4, -0.2) is 47.5 Å². The molecule has 1 amide bonds. The van der Waals surface area contributed by atoms with Crippen LogP contribution in [0.25, 0.3) is 0 Å². The van der Waals surface area contributed by atoms with E-state index in [1.54, 1.807) is 11.8 Å². The molecular formula is C13H26N2OS. The van der Waals surface area contributed by atoms with Gasteiger partial charge in [0, 0.05) is 24.4 Å². The molecular weight excluding hydrogens is 232 g/mol. The normalized spacial score (nSPS) is 20.1. The van der Waals surface area contributed by atoms with Crippen LogP contribution in [0, 0.1) is 0 Å². The van der Waals surface area contributed by atoms with E-state index in [2.05, 4.69) is 26.1 Å². The Morgan fingerprint density at radius 2 is 1.94 bits per heavy atom. The van der Waals surface area contributed by atoms with E-state index in [1.165, 1.54) is 19.3 Å². The Kier molecular flexibility index (Phi) is 6.97. The zero-order valence-corrected chi connectivity index (χ0v) is 12.2. The first kappa shape index (κ1) is 14.8. The maximum Gasteiger partial charge on any atom is 0.232 e. The van der Waals surface area contributed by atoms with Gasteiger partial charge in [0.2, 0.25) is 5.91 Å². The SMILES string of the molecule is CCNC(C)C(C)SCC(=O)N1CCCCC1. The van der Waals surface area contributed by atoms with Crippen LogP contribution < -0.4 is 5.32 Å². The molecule has 0 spiro atoms. The first-order valence-electron chi connectivity index (χ1n) is 6.78. The number of carbonyl (C=O) groups is 1. The van der Waals surface area contributed by atoms with Gasteiger partial charge in [-0.25, -0.2) is 0 Å². The van der Waals surface area contributed by atoms with Crippen molar-refractivity contribution in [3.63, 3.8) is 0 Å². The average molecular weight is 258 g/mol. The molecule has 17 heavy (non-hydrogen) atoms. The van der Waals surface area contributed by atoms with E-state index in [-0.39, 0.29) is 0 Å². The molecule has 1 saturated heterocycles. The summed E-state index contributed by atoms with van der Waals surface area (Å²) >= 11 is 1.77. The predicted molar refractivity (Wildman–Crippen MR) is 75.5 cm³/mol. The van der Waals surface area contributed by atoms with E-state index in [4.69, 9.17) is 0 Å². The maximum absolute atomic E-state index is 12.0. The molecule has 1 rings (SSSR count). The summed E-state index contributed by atoms with van der Waals surface area (Å²) in [6.07, 6.45) is 3.64. The van der Waals surface area contributed by atoms with Crippen molar-refractivity contribution in [1.82, 2.24) is 10.2 Å². The Morgan fingerprint density at radius 3 is 2.53 bits per heavy atom. The molecule has 1 fully saturated rings. The van der Waals surface area contributed by atoms with Crippen molar-refractivity contribution in [3.05, 3.63) is 0 Å². The van der Waals surface area contributed by atoms with E-state index >= 15 is 0 Å². The van der Waals surface area contributed by atoms with Gasteiger partial charge in [-0.05, 0) is 32.7 Å². The van der Waals surface area contributed by atoms with Gasteiger partial charge >= 0.3 is 0 Å². The second-order valence-corrected chi connectivity index (χ2v) is 6.17. The summed E-state index contributed by atoms with van der Waals surface area (Å²) in [6, 6.07) is 0.471. The van der Waals surface area contributed by atoms with Gasteiger partial charge in [0.25, 0.3) is 0 Å². The van der Waals surface area contributed by atoms with Gasteiger partial charge in [0.15, 0.2) is 0 Å². The molecule has 1 aliphatic rings. The number of amides is 1. The minimum absolute atomic E-state index is 0.324. The Labute approximate surface area is 110 Å². The number of nitrogens with one attached hydrogen (secondary N) is 1. The van der Waals surface area contributed by atoms with Gasteiger partial charge < -0.3 is 10.2 Å². The van der Waals surface area contributed by atoms with Crippen molar-refractivity contribution < 1.29 is 4.79 Å². The minimum Gasteiger partial charge on any atom is -0.342 e. The van der Waals surface area contributed by atoms with Crippen molar-refractivity contribution in [2.75, 3.05) is 25.4 Å². The average Bonchev–Trinajstić information content (AvgIpc) is 2.36. The van der Waals surface area contributed by atoms with Gasteiger partial charge in [0.05, 0.1) is 5.75 Å². The fourth-order valence-electron chi connectivity index (χ4n) is 2.07. The summed E-state index contributed by atoms with van der Waals surface area (Å²) < 4.78 is 0. The zero-order valence-electron chi connectivity index (χ0n) is 11.4. The highest BCUT2D eigenvalue weighted by Gasteiger charge is 2.18. The Bertz CT molecular complexity index is 229. The van der Waals surface area contributed by atoms with Gasteiger partial charge in [-0.15, -0.1) is 11.8 Å². The fourth-order valence-corrected chi connectivity index (χ4v) is 3.04. The molecule has 0 aromatic carbocycles. The number of hydrogen-bond donors (Lipinski definition) is 1. The predicted octanol–water partition coefficient (Wildman–Crippen LogP) is 2.12. The maximum atomic E-state index is 12.0. The van der Waals surface area contributed by atoms with Crippen LogP contribution in [0.3, 0.4) is 0 Å². The van der Waals surface area contributed by atoms with E-state index in [0.29, 0.717) is 23.0 Å². The second kappa shape index (κ2) is 7.98. The van der Waals surface area contributed by atoms with Crippen molar-refractivity contribution in [3.8, 4) is 0 Å². The molecule has 1 N–H and O–H groups in total. The van der Waals surface area contributed by atoms with Crippen LogP contribution >= 0.6 is 11.8 Å². The lowest BCUT2D eigenvalue weighted by Gasteiger charge is -2.27. The number of nitrogens with zero attached hydrogens (tertiary/aromatic N) is 1. The molecule has 100 valence electrons. The topological polar surface area (TPSA) is 32.3 Å². The number of thioether (sulfide) groups is 1. The standard InChI is InChI=1S/C13H26N2OS/c1-4-14-11(2)12(3)17-10-13(16)15-8-6-5-7-9-15/h11-12,14H,4-10H2,1-3H3. The lowest BCUT2D eigenvalue weighted by atomic mass is 10.1. The van der Waals surface area contributed by atoms with E-state index in [9.17, 15) is 4.79 Å². The summed E-state index contributed by atoms with van der Waals surface area (Å²) in [5, 5.41) is 3.89. The smallest absolute Gasteiger partial charge is 0.232 e. The van der Waals surface area contributed by atoms with Crippen molar-refractivity contribution in [2.45, 2.75) is 51.3 Å². The largest absolute Gasteiger partial charge is 0.342 e. The molecule has 0 aliphatic carbocycles. The summed E-state index contributed by atoms with van der Waals surface area (Å²) in [6.45, 7) is 9.43. The molecule has 0 aromatic heterocycles. The molecule has 0 bridgehead atoms. The third-order valence-corrected chi connectivity index (χ3v) is 4.76. The molecule has 0 saturated carbocycles. The van der Waals surface area contributed by atoms with Crippen LogP contribution in [0.15, 0.2) is 0 Å². The molecule has 2 atom stereocenters. The number of likely N-dealkylation sites (tertiary alicyclic amines) is 1. The third-order valence-electron chi connectivity index (χ3n) is 3.41. The fraction of sp³-hybridized carbons (Fsp3) is 0.923. The Morgan fingerprint density at radius 1 is 1.29 bits per heavy atom. The van der Waals surface area contributed by atoms with Crippen LogP contribution in [0.5, 0.6) is 0 Å². The van der Waals surface area contributed by atoms with Gasteiger partial charge in [0.1, 0.15) is 0 Å². The molecule has 0 radical (unpaired) electrons. The Balaban J connectivity index is 2.22. The van der Waals surface area contributed by atoms with Crippen LogP contribution in [0.1, 0.15) is 40.0 Å². The van der Waals surface area contributed by atoms with Crippen LogP contribution in [0.2, 0.25) is 0 Å². The summed E-state index contributed by atoms with van der Waals surface area (Å²) in [5.74, 6) is 0.960. The Hall–Kier alpha value is -0.220. The van der Waals surface area contributed by atoms with Crippen LogP contribution in [0.4, 0.5) is 0 Å². The molecule has 0 aromatic rings. The van der Waals surface area contributed by atoms with Gasteiger partial charge in [-0.1, -0.05) is 13.8 Å². The first-order valence-corrected chi connectivity index (χ1v) is 7.82. The summed E-state index contributed by atoms with van der Waals surface area (Å²) in [5.41, 5.74) is 0. The van der Waals surface area contributed by atoms with Crippen LogP contribution in [-0.2, 0) is 4.79 Å². The molecule has 1 heterocycles. The zero-order chi connectivity index (χ0) is 12.7. The molecule has 3 nitrogen and oxygen atoms in total. The lowest BCUT2D eigenvalue weighted by Crippen LogP contribution is -2.38. The first-order chi connectivity index (χ1) is 8.15. The molecule has 2 unspecified atom stereocenters.